The molecule has 1 rings (SSSR count). The number of nitrogens with two attached hydrogens (primary N) is 1. The third-order valence-electron chi connectivity index (χ3n) is 2.51. The number of rotatable bonds is 5. The van der Waals surface area contributed by atoms with Crippen LogP contribution < -0.4 is 5.73 Å². The molecule has 1 saturated heterocycles. The van der Waals surface area contributed by atoms with E-state index in [1.54, 1.807) is 0 Å². The van der Waals surface area contributed by atoms with Crippen LogP contribution >= 0.6 is 0 Å². The second kappa shape index (κ2) is 6.58. The summed E-state index contributed by atoms with van der Waals surface area (Å²) < 4.78 is 17.2. The normalized spacial score (nSPS) is 27.5. The Balaban J connectivity index is 2.19. The minimum Gasteiger partial charge on any atom is -0.375 e. The molecule has 0 aromatic carbocycles. The van der Waals surface area contributed by atoms with E-state index in [1.807, 2.05) is 6.92 Å². The van der Waals surface area contributed by atoms with Gasteiger partial charge in [-0.05, 0) is 20.4 Å². The SMILES string of the molecule is CC(N)CCS(=O)CC1CN(C)CCO1. The summed E-state index contributed by atoms with van der Waals surface area (Å²) in [7, 11) is 1.29. The number of nitrogens with zero attached hydrogens (tertiary/aromatic N) is 1. The lowest BCUT2D eigenvalue weighted by Crippen LogP contribution is -2.42. The van der Waals surface area contributed by atoms with Crippen LogP contribution in [0, 0.1) is 0 Å². The molecule has 0 bridgehead atoms. The van der Waals surface area contributed by atoms with Crippen LogP contribution in [0.5, 0.6) is 0 Å². The van der Waals surface area contributed by atoms with Gasteiger partial charge < -0.3 is 15.4 Å². The van der Waals surface area contributed by atoms with Crippen molar-refractivity contribution >= 4 is 10.8 Å². The van der Waals surface area contributed by atoms with Crippen LogP contribution in [0.25, 0.3) is 0 Å². The van der Waals surface area contributed by atoms with Gasteiger partial charge in [0.25, 0.3) is 0 Å². The highest BCUT2D eigenvalue weighted by Crippen LogP contribution is 2.05. The van der Waals surface area contributed by atoms with E-state index in [0.29, 0.717) is 11.5 Å². The first kappa shape index (κ1) is 13.1. The van der Waals surface area contributed by atoms with Gasteiger partial charge in [0, 0.05) is 35.7 Å². The molecule has 0 radical (unpaired) electrons. The van der Waals surface area contributed by atoms with E-state index in [-0.39, 0.29) is 12.1 Å². The monoisotopic (exact) mass is 234 g/mol. The summed E-state index contributed by atoms with van der Waals surface area (Å²) in [5, 5.41) is 0. The van der Waals surface area contributed by atoms with Crippen LogP contribution in [0.1, 0.15) is 13.3 Å². The Morgan fingerprint density at radius 1 is 1.67 bits per heavy atom. The first-order chi connectivity index (χ1) is 7.08. The van der Waals surface area contributed by atoms with Gasteiger partial charge in [0.05, 0.1) is 18.5 Å². The number of ether oxygens (including phenoxy) is 1. The lowest BCUT2D eigenvalue weighted by atomic mass is 10.3. The Labute approximate surface area is 94.6 Å². The van der Waals surface area contributed by atoms with E-state index >= 15 is 0 Å². The zero-order valence-corrected chi connectivity index (χ0v) is 10.5. The lowest BCUT2D eigenvalue weighted by Gasteiger charge is -2.29. The molecule has 3 atom stereocenters. The molecule has 2 N–H and O–H groups in total. The molecule has 0 aliphatic carbocycles. The molecule has 0 saturated carbocycles. The molecule has 0 aromatic rings. The Morgan fingerprint density at radius 3 is 3.00 bits per heavy atom. The minimum atomic E-state index is -0.785. The maximum Gasteiger partial charge on any atom is 0.0817 e. The molecule has 0 aromatic heterocycles. The fourth-order valence-electron chi connectivity index (χ4n) is 1.58. The molecule has 15 heavy (non-hydrogen) atoms. The van der Waals surface area contributed by atoms with Gasteiger partial charge in [-0.15, -0.1) is 0 Å². The van der Waals surface area contributed by atoms with Crippen molar-refractivity contribution in [1.82, 2.24) is 4.90 Å². The Hall–Kier alpha value is 0.0300. The largest absolute Gasteiger partial charge is 0.375 e. The van der Waals surface area contributed by atoms with Crippen LogP contribution in [0.2, 0.25) is 0 Å². The van der Waals surface area contributed by atoms with Crippen molar-refractivity contribution in [3.8, 4) is 0 Å². The number of morpholine rings is 1. The Morgan fingerprint density at radius 2 is 2.40 bits per heavy atom. The van der Waals surface area contributed by atoms with Gasteiger partial charge in [0.15, 0.2) is 0 Å². The molecule has 1 fully saturated rings. The van der Waals surface area contributed by atoms with Crippen molar-refractivity contribution < 1.29 is 8.95 Å². The topological polar surface area (TPSA) is 55.6 Å². The van der Waals surface area contributed by atoms with Gasteiger partial charge in [-0.1, -0.05) is 0 Å². The minimum absolute atomic E-state index is 0.137. The van der Waals surface area contributed by atoms with Crippen LogP contribution in [0.15, 0.2) is 0 Å². The van der Waals surface area contributed by atoms with Crippen molar-refractivity contribution in [2.75, 3.05) is 38.2 Å². The lowest BCUT2D eigenvalue weighted by molar-refractivity contribution is -0.00640. The van der Waals surface area contributed by atoms with Crippen LogP contribution in [0.3, 0.4) is 0 Å². The maximum atomic E-state index is 11.7. The molecule has 5 heteroatoms. The highest BCUT2D eigenvalue weighted by atomic mass is 32.2. The first-order valence-electron chi connectivity index (χ1n) is 5.48. The fourth-order valence-corrected chi connectivity index (χ4v) is 2.99. The number of likely N-dealkylation sites (N-methyl/N-ethyl adjacent to an activating group) is 1. The smallest absolute Gasteiger partial charge is 0.0817 e. The van der Waals surface area contributed by atoms with Crippen molar-refractivity contribution in [3.63, 3.8) is 0 Å². The zero-order chi connectivity index (χ0) is 11.3. The fraction of sp³-hybridized carbons (Fsp3) is 1.00. The van der Waals surface area contributed by atoms with E-state index < -0.39 is 10.8 Å². The summed E-state index contributed by atoms with van der Waals surface area (Å²) in [5.41, 5.74) is 5.62. The summed E-state index contributed by atoms with van der Waals surface area (Å²) in [6.45, 7) is 4.57. The summed E-state index contributed by atoms with van der Waals surface area (Å²) in [6, 6.07) is 0.142. The molecule has 0 amide bonds. The van der Waals surface area contributed by atoms with E-state index in [0.717, 1.165) is 26.1 Å². The molecule has 1 heterocycles. The first-order valence-corrected chi connectivity index (χ1v) is 6.97. The van der Waals surface area contributed by atoms with Gasteiger partial charge in [-0.2, -0.15) is 0 Å². The van der Waals surface area contributed by atoms with E-state index in [4.69, 9.17) is 10.5 Å². The summed E-state index contributed by atoms with van der Waals surface area (Å²) in [6.07, 6.45) is 0.965. The van der Waals surface area contributed by atoms with Crippen LogP contribution in [0.4, 0.5) is 0 Å². The number of hydrogen-bond acceptors (Lipinski definition) is 4. The number of hydrogen-bond donors (Lipinski definition) is 1. The molecule has 90 valence electrons. The van der Waals surface area contributed by atoms with Crippen LogP contribution in [-0.2, 0) is 15.5 Å². The molecule has 3 unspecified atom stereocenters. The van der Waals surface area contributed by atoms with E-state index in [9.17, 15) is 4.21 Å². The quantitative estimate of drug-likeness (QED) is 0.716. The van der Waals surface area contributed by atoms with Crippen LogP contribution in [-0.4, -0.2) is 59.5 Å². The van der Waals surface area contributed by atoms with Gasteiger partial charge in [-0.25, -0.2) is 0 Å². The third-order valence-corrected chi connectivity index (χ3v) is 3.95. The highest BCUT2D eigenvalue weighted by Gasteiger charge is 2.19. The maximum absolute atomic E-state index is 11.7. The molecule has 1 aliphatic rings. The standard InChI is InChI=1S/C10H22N2O2S/c1-9(11)3-6-15(13)8-10-7-12(2)4-5-14-10/h9-10H,3-8,11H2,1-2H3. The summed E-state index contributed by atoms with van der Waals surface area (Å²) >= 11 is 0. The summed E-state index contributed by atoms with van der Waals surface area (Å²) in [5.74, 6) is 1.35. The van der Waals surface area contributed by atoms with Crippen molar-refractivity contribution in [2.24, 2.45) is 5.73 Å². The van der Waals surface area contributed by atoms with Crippen molar-refractivity contribution in [1.29, 1.82) is 0 Å². The van der Waals surface area contributed by atoms with Gasteiger partial charge in [-0.3, -0.25) is 4.21 Å². The van der Waals surface area contributed by atoms with Gasteiger partial charge in [0.1, 0.15) is 0 Å². The molecule has 4 nitrogen and oxygen atoms in total. The predicted molar refractivity (Wildman–Crippen MR) is 63.4 cm³/mol. The van der Waals surface area contributed by atoms with E-state index in [2.05, 4.69) is 11.9 Å². The molecular weight excluding hydrogens is 212 g/mol. The summed E-state index contributed by atoms with van der Waals surface area (Å²) in [4.78, 5) is 2.22. The Kier molecular flexibility index (Phi) is 5.74. The highest BCUT2D eigenvalue weighted by molar-refractivity contribution is 7.85. The molecular formula is C10H22N2O2S. The van der Waals surface area contributed by atoms with E-state index in [1.165, 1.54) is 0 Å². The average Bonchev–Trinajstić information content (AvgIpc) is 2.15. The second-order valence-electron chi connectivity index (χ2n) is 4.33. The second-order valence-corrected chi connectivity index (χ2v) is 5.95. The molecule has 0 spiro atoms. The average molecular weight is 234 g/mol. The molecule has 1 aliphatic heterocycles. The van der Waals surface area contributed by atoms with Crippen molar-refractivity contribution in [2.45, 2.75) is 25.5 Å². The zero-order valence-electron chi connectivity index (χ0n) is 9.65. The van der Waals surface area contributed by atoms with Gasteiger partial charge >= 0.3 is 0 Å². The Bertz CT molecular complexity index is 212. The predicted octanol–water partition coefficient (Wildman–Crippen LogP) is -0.197. The third kappa shape index (κ3) is 5.61. The van der Waals surface area contributed by atoms with Crippen molar-refractivity contribution in [3.05, 3.63) is 0 Å². The van der Waals surface area contributed by atoms with Gasteiger partial charge in [0.2, 0.25) is 0 Å².